The maximum absolute atomic E-state index is 11.9. The van der Waals surface area contributed by atoms with Crippen LogP contribution in [0.1, 0.15) is 0 Å². The van der Waals surface area contributed by atoms with Crippen LogP contribution in [0.2, 0.25) is 5.02 Å². The van der Waals surface area contributed by atoms with Crippen LogP contribution in [0.15, 0.2) is 23.1 Å². The van der Waals surface area contributed by atoms with Gasteiger partial charge < -0.3 is 4.90 Å². The van der Waals surface area contributed by atoms with Crippen LogP contribution in [0, 0.1) is 10.1 Å². The van der Waals surface area contributed by atoms with Gasteiger partial charge in [-0.25, -0.2) is 13.1 Å². The molecule has 0 unspecified atom stereocenters. The van der Waals surface area contributed by atoms with Crippen LogP contribution >= 0.6 is 11.6 Å². The number of amides is 1. The maximum Gasteiger partial charge on any atom is 0.289 e. The van der Waals surface area contributed by atoms with E-state index in [9.17, 15) is 23.3 Å². The standard InChI is InChI=1S/C10H12ClN3O5S/c1-13(2)10(15)6-12-20(18,19)7-3-4-8(11)9(5-7)14(16)17/h3-5,12H,6H2,1-2H3. The van der Waals surface area contributed by atoms with Crippen molar-refractivity contribution in [3.05, 3.63) is 33.3 Å². The second kappa shape index (κ2) is 6.16. The number of nitro groups is 1. The van der Waals surface area contributed by atoms with Gasteiger partial charge in [-0.15, -0.1) is 0 Å². The number of nitrogens with one attached hydrogen (secondary N) is 1. The highest BCUT2D eigenvalue weighted by atomic mass is 35.5. The minimum absolute atomic E-state index is 0.168. The fourth-order valence-electron chi connectivity index (χ4n) is 1.20. The summed E-state index contributed by atoms with van der Waals surface area (Å²) in [5.74, 6) is -0.447. The number of benzene rings is 1. The van der Waals surface area contributed by atoms with Gasteiger partial charge in [0.2, 0.25) is 15.9 Å². The van der Waals surface area contributed by atoms with Gasteiger partial charge in [0.05, 0.1) is 16.4 Å². The lowest BCUT2D eigenvalue weighted by Crippen LogP contribution is -2.36. The zero-order chi connectivity index (χ0) is 15.5. The zero-order valence-corrected chi connectivity index (χ0v) is 12.2. The van der Waals surface area contributed by atoms with Crippen molar-refractivity contribution in [1.29, 1.82) is 0 Å². The number of carbonyl (C=O) groups is 1. The minimum atomic E-state index is -4.02. The van der Waals surface area contributed by atoms with Crippen molar-refractivity contribution in [3.8, 4) is 0 Å². The first-order chi connectivity index (χ1) is 9.15. The number of hydrogen-bond donors (Lipinski definition) is 1. The molecular weight excluding hydrogens is 310 g/mol. The summed E-state index contributed by atoms with van der Waals surface area (Å²) in [6, 6.07) is 3.07. The van der Waals surface area contributed by atoms with E-state index < -0.39 is 33.1 Å². The summed E-state index contributed by atoms with van der Waals surface area (Å²) >= 11 is 5.59. The van der Waals surface area contributed by atoms with Gasteiger partial charge in [0, 0.05) is 20.2 Å². The second-order valence-corrected chi connectivity index (χ2v) is 6.16. The lowest BCUT2D eigenvalue weighted by Gasteiger charge is -2.11. The Kier molecular flexibility index (Phi) is 5.03. The van der Waals surface area contributed by atoms with E-state index in [4.69, 9.17) is 11.6 Å². The molecule has 10 heteroatoms. The first-order valence-electron chi connectivity index (χ1n) is 5.29. The van der Waals surface area contributed by atoms with Gasteiger partial charge in [-0.05, 0) is 12.1 Å². The molecule has 0 radical (unpaired) electrons. The molecule has 1 rings (SSSR count). The van der Waals surface area contributed by atoms with E-state index in [1.807, 2.05) is 0 Å². The lowest BCUT2D eigenvalue weighted by atomic mass is 10.3. The predicted molar refractivity (Wildman–Crippen MR) is 72.0 cm³/mol. The molecule has 0 fully saturated rings. The van der Waals surface area contributed by atoms with E-state index in [0.29, 0.717) is 0 Å². The van der Waals surface area contributed by atoms with Crippen molar-refractivity contribution in [2.45, 2.75) is 4.90 Å². The van der Waals surface area contributed by atoms with Gasteiger partial charge >= 0.3 is 0 Å². The molecule has 0 heterocycles. The largest absolute Gasteiger partial charge is 0.348 e. The average molecular weight is 322 g/mol. The smallest absolute Gasteiger partial charge is 0.289 e. The highest BCUT2D eigenvalue weighted by Gasteiger charge is 2.21. The van der Waals surface area contributed by atoms with Gasteiger partial charge in [0.1, 0.15) is 5.02 Å². The van der Waals surface area contributed by atoms with E-state index in [-0.39, 0.29) is 9.92 Å². The third-order valence-corrected chi connectivity index (χ3v) is 4.06. The third kappa shape index (κ3) is 3.89. The molecule has 0 atom stereocenters. The van der Waals surface area contributed by atoms with E-state index >= 15 is 0 Å². The first-order valence-corrected chi connectivity index (χ1v) is 7.15. The Bertz CT molecular complexity index is 644. The van der Waals surface area contributed by atoms with Crippen LogP contribution in [0.5, 0.6) is 0 Å². The minimum Gasteiger partial charge on any atom is -0.348 e. The van der Waals surface area contributed by atoms with Gasteiger partial charge in [0.15, 0.2) is 0 Å². The number of rotatable bonds is 5. The molecule has 1 amide bonds. The van der Waals surface area contributed by atoms with Crippen LogP contribution in [-0.4, -0.2) is 44.8 Å². The Morgan fingerprint density at radius 2 is 2.05 bits per heavy atom. The van der Waals surface area contributed by atoms with Crippen molar-refractivity contribution in [2.24, 2.45) is 0 Å². The van der Waals surface area contributed by atoms with Crippen molar-refractivity contribution in [2.75, 3.05) is 20.6 Å². The number of carbonyl (C=O) groups excluding carboxylic acids is 1. The lowest BCUT2D eigenvalue weighted by molar-refractivity contribution is -0.384. The zero-order valence-electron chi connectivity index (χ0n) is 10.7. The number of hydrogen-bond acceptors (Lipinski definition) is 5. The van der Waals surface area contributed by atoms with E-state index in [0.717, 1.165) is 18.2 Å². The summed E-state index contributed by atoms with van der Waals surface area (Å²) in [5.41, 5.74) is -0.520. The molecule has 0 saturated heterocycles. The van der Waals surface area contributed by atoms with Gasteiger partial charge in [-0.3, -0.25) is 14.9 Å². The van der Waals surface area contributed by atoms with E-state index in [1.54, 1.807) is 0 Å². The van der Waals surface area contributed by atoms with Crippen LogP contribution in [-0.2, 0) is 14.8 Å². The molecule has 8 nitrogen and oxygen atoms in total. The fourth-order valence-corrected chi connectivity index (χ4v) is 2.38. The molecular formula is C10H12ClN3O5S. The monoisotopic (exact) mass is 321 g/mol. The molecule has 0 bridgehead atoms. The molecule has 1 aromatic carbocycles. The normalized spacial score (nSPS) is 11.2. The molecule has 20 heavy (non-hydrogen) atoms. The van der Waals surface area contributed by atoms with Crippen molar-refractivity contribution < 1.29 is 18.1 Å². The molecule has 0 saturated carbocycles. The summed E-state index contributed by atoms with van der Waals surface area (Å²) in [5, 5.41) is 10.5. The Labute approximate surface area is 120 Å². The Balaban J connectivity index is 3.02. The molecule has 0 spiro atoms. The molecule has 0 aliphatic heterocycles. The Hall–Kier alpha value is -1.71. The summed E-state index contributed by atoms with van der Waals surface area (Å²) in [6.45, 7) is -0.439. The molecule has 0 aliphatic rings. The SMILES string of the molecule is CN(C)C(=O)CNS(=O)(=O)c1ccc(Cl)c([N+](=O)[O-])c1. The molecule has 1 N–H and O–H groups in total. The molecule has 1 aromatic rings. The molecule has 0 aliphatic carbocycles. The third-order valence-electron chi connectivity index (χ3n) is 2.34. The number of likely N-dealkylation sites (N-methyl/N-ethyl adjacent to an activating group) is 1. The average Bonchev–Trinajstić information content (AvgIpc) is 2.35. The van der Waals surface area contributed by atoms with Crippen molar-refractivity contribution >= 4 is 33.2 Å². The number of sulfonamides is 1. The number of nitrogens with zero attached hydrogens (tertiary/aromatic N) is 2. The Morgan fingerprint density at radius 3 is 2.55 bits per heavy atom. The van der Waals surface area contributed by atoms with Crippen LogP contribution in [0.4, 0.5) is 5.69 Å². The van der Waals surface area contributed by atoms with Crippen LogP contribution in [0.25, 0.3) is 0 Å². The number of nitro benzene ring substituents is 1. The molecule has 0 aromatic heterocycles. The van der Waals surface area contributed by atoms with Crippen LogP contribution in [0.3, 0.4) is 0 Å². The van der Waals surface area contributed by atoms with Gasteiger partial charge in [-0.2, -0.15) is 0 Å². The summed E-state index contributed by atoms with van der Waals surface area (Å²) in [4.78, 5) is 22.1. The highest BCUT2D eigenvalue weighted by molar-refractivity contribution is 7.89. The number of halogens is 1. The summed E-state index contributed by atoms with van der Waals surface area (Å²) < 4.78 is 25.9. The summed E-state index contributed by atoms with van der Waals surface area (Å²) in [6.07, 6.45) is 0. The Morgan fingerprint density at radius 1 is 1.45 bits per heavy atom. The maximum atomic E-state index is 11.9. The predicted octanol–water partition coefficient (Wildman–Crippen LogP) is 0.615. The first kappa shape index (κ1) is 16.3. The van der Waals surface area contributed by atoms with Crippen molar-refractivity contribution in [3.63, 3.8) is 0 Å². The van der Waals surface area contributed by atoms with Gasteiger partial charge in [-0.1, -0.05) is 11.6 Å². The second-order valence-electron chi connectivity index (χ2n) is 3.98. The summed E-state index contributed by atoms with van der Waals surface area (Å²) in [7, 11) is -1.07. The highest BCUT2D eigenvalue weighted by Crippen LogP contribution is 2.26. The van der Waals surface area contributed by atoms with Crippen molar-refractivity contribution in [1.82, 2.24) is 9.62 Å². The molecule has 110 valence electrons. The van der Waals surface area contributed by atoms with Gasteiger partial charge in [0.25, 0.3) is 5.69 Å². The quantitative estimate of drug-likeness (QED) is 0.631. The van der Waals surface area contributed by atoms with Crippen LogP contribution < -0.4 is 4.72 Å². The fraction of sp³-hybridized carbons (Fsp3) is 0.300. The topological polar surface area (TPSA) is 110 Å². The van der Waals surface area contributed by atoms with E-state index in [1.165, 1.54) is 19.0 Å². The van der Waals surface area contributed by atoms with E-state index in [2.05, 4.69) is 4.72 Å².